The van der Waals surface area contributed by atoms with Crippen molar-refractivity contribution in [3.05, 3.63) is 18.1 Å². The predicted octanol–water partition coefficient (Wildman–Crippen LogP) is 1.78. The van der Waals surface area contributed by atoms with Crippen molar-refractivity contribution in [2.45, 2.75) is 33.3 Å². The van der Waals surface area contributed by atoms with E-state index < -0.39 is 0 Å². The molecule has 84 valence electrons. The molecule has 1 N–H and O–H groups in total. The molecule has 0 bridgehead atoms. The Morgan fingerprint density at radius 2 is 2.13 bits per heavy atom. The molecular weight excluding hydrogens is 192 g/mol. The van der Waals surface area contributed by atoms with E-state index in [1.807, 2.05) is 0 Å². The summed E-state index contributed by atoms with van der Waals surface area (Å²) in [5, 5.41) is 8.76. The maximum absolute atomic E-state index is 8.76. The fraction of sp³-hybridized carbons (Fsp3) is 0.636. The van der Waals surface area contributed by atoms with Crippen molar-refractivity contribution in [3.8, 4) is 5.88 Å². The number of hydrogen-bond donors (Lipinski definition) is 1. The van der Waals surface area contributed by atoms with Gasteiger partial charge in [0.05, 0.1) is 31.3 Å². The zero-order chi connectivity index (χ0) is 11.1. The SMILES string of the molecule is CC(C)CCCOc1cnc(CO)cn1. The Hall–Kier alpha value is -1.16. The molecule has 0 saturated heterocycles. The summed E-state index contributed by atoms with van der Waals surface area (Å²) in [5.74, 6) is 1.23. The van der Waals surface area contributed by atoms with Crippen LogP contribution in [0.1, 0.15) is 32.4 Å². The van der Waals surface area contributed by atoms with Crippen LogP contribution in [0.25, 0.3) is 0 Å². The average molecular weight is 210 g/mol. The molecular formula is C11H18N2O2. The van der Waals surface area contributed by atoms with Crippen molar-refractivity contribution in [2.24, 2.45) is 5.92 Å². The van der Waals surface area contributed by atoms with Crippen LogP contribution >= 0.6 is 0 Å². The third-order valence-electron chi connectivity index (χ3n) is 2.02. The van der Waals surface area contributed by atoms with E-state index >= 15 is 0 Å². The first-order valence-electron chi connectivity index (χ1n) is 5.27. The lowest BCUT2D eigenvalue weighted by Gasteiger charge is -2.06. The van der Waals surface area contributed by atoms with Crippen molar-refractivity contribution >= 4 is 0 Å². The average Bonchev–Trinajstić information content (AvgIpc) is 2.25. The van der Waals surface area contributed by atoms with Crippen LogP contribution < -0.4 is 4.74 Å². The van der Waals surface area contributed by atoms with Crippen molar-refractivity contribution in [2.75, 3.05) is 6.61 Å². The first kappa shape index (κ1) is 11.9. The van der Waals surface area contributed by atoms with Crippen molar-refractivity contribution in [3.63, 3.8) is 0 Å². The number of aromatic nitrogens is 2. The molecule has 0 spiro atoms. The highest BCUT2D eigenvalue weighted by molar-refractivity contribution is 5.06. The van der Waals surface area contributed by atoms with E-state index in [-0.39, 0.29) is 6.61 Å². The van der Waals surface area contributed by atoms with Gasteiger partial charge in [0.15, 0.2) is 0 Å². The molecule has 1 rings (SSSR count). The Morgan fingerprint density at radius 3 is 2.67 bits per heavy atom. The number of rotatable bonds is 6. The van der Waals surface area contributed by atoms with E-state index in [1.165, 1.54) is 6.20 Å². The fourth-order valence-electron chi connectivity index (χ4n) is 1.17. The Bertz CT molecular complexity index is 272. The zero-order valence-corrected chi connectivity index (χ0v) is 9.31. The molecule has 0 atom stereocenters. The summed E-state index contributed by atoms with van der Waals surface area (Å²) < 4.78 is 5.40. The maximum Gasteiger partial charge on any atom is 0.232 e. The first-order chi connectivity index (χ1) is 7.22. The molecule has 1 aromatic rings. The Kier molecular flexibility index (Phi) is 5.04. The second-order valence-electron chi connectivity index (χ2n) is 3.89. The largest absolute Gasteiger partial charge is 0.477 e. The zero-order valence-electron chi connectivity index (χ0n) is 9.31. The second kappa shape index (κ2) is 6.35. The molecule has 15 heavy (non-hydrogen) atoms. The normalized spacial score (nSPS) is 10.7. The number of aliphatic hydroxyl groups excluding tert-OH is 1. The third-order valence-corrected chi connectivity index (χ3v) is 2.02. The van der Waals surface area contributed by atoms with Gasteiger partial charge in [0.2, 0.25) is 5.88 Å². The number of nitrogens with zero attached hydrogens (tertiary/aromatic N) is 2. The Balaban J connectivity index is 2.25. The van der Waals surface area contributed by atoms with E-state index in [1.54, 1.807) is 6.20 Å². The highest BCUT2D eigenvalue weighted by atomic mass is 16.5. The van der Waals surface area contributed by atoms with E-state index in [9.17, 15) is 0 Å². The van der Waals surface area contributed by atoms with Gasteiger partial charge in [-0.05, 0) is 18.8 Å². The first-order valence-corrected chi connectivity index (χ1v) is 5.27. The monoisotopic (exact) mass is 210 g/mol. The second-order valence-corrected chi connectivity index (χ2v) is 3.89. The van der Waals surface area contributed by atoms with E-state index in [2.05, 4.69) is 23.8 Å². The van der Waals surface area contributed by atoms with Gasteiger partial charge in [-0.1, -0.05) is 13.8 Å². The maximum atomic E-state index is 8.76. The quantitative estimate of drug-likeness (QED) is 0.727. The molecule has 0 aliphatic rings. The van der Waals surface area contributed by atoms with E-state index in [0.29, 0.717) is 24.1 Å². The molecule has 0 unspecified atom stereocenters. The molecule has 4 nitrogen and oxygen atoms in total. The van der Waals surface area contributed by atoms with E-state index in [4.69, 9.17) is 9.84 Å². The molecule has 0 saturated carbocycles. The Morgan fingerprint density at radius 1 is 1.33 bits per heavy atom. The summed E-state index contributed by atoms with van der Waals surface area (Å²) in [5.41, 5.74) is 0.560. The minimum Gasteiger partial charge on any atom is -0.477 e. The van der Waals surface area contributed by atoms with Gasteiger partial charge in [0.1, 0.15) is 0 Å². The molecule has 0 aromatic carbocycles. The van der Waals surface area contributed by atoms with Gasteiger partial charge >= 0.3 is 0 Å². The molecule has 0 aliphatic carbocycles. The highest BCUT2D eigenvalue weighted by Crippen LogP contribution is 2.07. The molecule has 4 heteroatoms. The van der Waals surface area contributed by atoms with Crippen LogP contribution in [0.15, 0.2) is 12.4 Å². The fourth-order valence-corrected chi connectivity index (χ4v) is 1.17. The highest BCUT2D eigenvalue weighted by Gasteiger charge is 1.98. The summed E-state index contributed by atoms with van der Waals surface area (Å²) >= 11 is 0. The predicted molar refractivity (Wildman–Crippen MR) is 57.5 cm³/mol. The molecule has 0 radical (unpaired) electrons. The minimum absolute atomic E-state index is 0.0827. The van der Waals surface area contributed by atoms with E-state index in [0.717, 1.165) is 12.8 Å². The number of hydrogen-bond acceptors (Lipinski definition) is 4. The van der Waals surface area contributed by atoms with Crippen LogP contribution in [-0.2, 0) is 6.61 Å². The third kappa shape index (κ3) is 4.74. The summed E-state index contributed by atoms with van der Waals surface area (Å²) in [6, 6.07) is 0. The topological polar surface area (TPSA) is 55.2 Å². The lowest BCUT2D eigenvalue weighted by atomic mass is 10.1. The molecule has 0 aliphatic heterocycles. The van der Waals surface area contributed by atoms with Crippen LogP contribution in [0.2, 0.25) is 0 Å². The molecule has 1 heterocycles. The number of aliphatic hydroxyl groups is 1. The van der Waals surface area contributed by atoms with Crippen LogP contribution in [-0.4, -0.2) is 21.7 Å². The van der Waals surface area contributed by atoms with Gasteiger partial charge in [-0.15, -0.1) is 0 Å². The van der Waals surface area contributed by atoms with Crippen LogP contribution in [0.4, 0.5) is 0 Å². The van der Waals surface area contributed by atoms with Gasteiger partial charge in [-0.3, -0.25) is 4.98 Å². The molecule has 1 aromatic heterocycles. The van der Waals surface area contributed by atoms with Gasteiger partial charge in [-0.2, -0.15) is 0 Å². The summed E-state index contributed by atoms with van der Waals surface area (Å²) in [4.78, 5) is 7.99. The molecule has 0 amide bonds. The lowest BCUT2D eigenvalue weighted by Crippen LogP contribution is -2.02. The summed E-state index contributed by atoms with van der Waals surface area (Å²) in [6.45, 7) is 4.97. The summed E-state index contributed by atoms with van der Waals surface area (Å²) in [7, 11) is 0. The van der Waals surface area contributed by atoms with Gasteiger partial charge in [0, 0.05) is 0 Å². The number of ether oxygens (including phenoxy) is 1. The van der Waals surface area contributed by atoms with Crippen molar-refractivity contribution in [1.82, 2.24) is 9.97 Å². The van der Waals surface area contributed by atoms with Crippen molar-refractivity contribution in [1.29, 1.82) is 0 Å². The van der Waals surface area contributed by atoms with Crippen molar-refractivity contribution < 1.29 is 9.84 Å². The van der Waals surface area contributed by atoms with Crippen LogP contribution in [0.3, 0.4) is 0 Å². The van der Waals surface area contributed by atoms with Gasteiger partial charge in [0.25, 0.3) is 0 Å². The van der Waals surface area contributed by atoms with Crippen LogP contribution in [0, 0.1) is 5.92 Å². The van der Waals surface area contributed by atoms with Gasteiger partial charge in [-0.25, -0.2) is 4.98 Å². The van der Waals surface area contributed by atoms with Crippen LogP contribution in [0.5, 0.6) is 5.88 Å². The summed E-state index contributed by atoms with van der Waals surface area (Å²) in [6.07, 6.45) is 5.25. The lowest BCUT2D eigenvalue weighted by molar-refractivity contribution is 0.270. The standard InChI is InChI=1S/C11H18N2O2/c1-9(2)4-3-5-15-11-7-12-10(8-14)6-13-11/h6-7,9,14H,3-5,8H2,1-2H3. The minimum atomic E-state index is -0.0827. The smallest absolute Gasteiger partial charge is 0.232 e. The van der Waals surface area contributed by atoms with Gasteiger partial charge < -0.3 is 9.84 Å². The Labute approximate surface area is 90.3 Å². The molecule has 0 fully saturated rings.